The van der Waals surface area contributed by atoms with Crippen molar-refractivity contribution in [3.8, 4) is 0 Å². The normalized spacial score (nSPS) is 15.2. The van der Waals surface area contributed by atoms with Gasteiger partial charge in [0.05, 0.1) is 12.2 Å². The van der Waals surface area contributed by atoms with Crippen molar-refractivity contribution in [1.82, 2.24) is 19.6 Å². The van der Waals surface area contributed by atoms with Gasteiger partial charge in [-0.25, -0.2) is 9.78 Å². The molecule has 4 aromatic rings. The van der Waals surface area contributed by atoms with Gasteiger partial charge in [-0.2, -0.15) is 0 Å². The molecular formula is C25H20N4O3. The monoisotopic (exact) mass is 424 g/mol. The molecule has 1 aliphatic rings. The first kappa shape index (κ1) is 19.7. The smallest absolute Gasteiger partial charge is 0.315 e. The summed E-state index contributed by atoms with van der Waals surface area (Å²) in [4.78, 5) is 45.1. The topological polar surface area (TPSA) is 83.8 Å². The van der Waals surface area contributed by atoms with Crippen LogP contribution >= 0.6 is 0 Å². The molecule has 1 fully saturated rings. The van der Waals surface area contributed by atoms with Crippen molar-refractivity contribution in [2.45, 2.75) is 19.0 Å². The van der Waals surface area contributed by atoms with E-state index in [9.17, 15) is 14.4 Å². The van der Waals surface area contributed by atoms with Crippen LogP contribution in [0.15, 0.2) is 89.7 Å². The third-order valence-electron chi connectivity index (χ3n) is 5.77. The first-order valence-electron chi connectivity index (χ1n) is 10.2. The molecule has 32 heavy (non-hydrogen) atoms. The summed E-state index contributed by atoms with van der Waals surface area (Å²) in [6.07, 6.45) is 0. The van der Waals surface area contributed by atoms with Gasteiger partial charge in [0.25, 0.3) is 11.5 Å². The van der Waals surface area contributed by atoms with Crippen LogP contribution in [0.25, 0.3) is 5.65 Å². The second kappa shape index (κ2) is 7.46. The van der Waals surface area contributed by atoms with Crippen molar-refractivity contribution < 1.29 is 9.59 Å². The van der Waals surface area contributed by atoms with Crippen LogP contribution in [0.3, 0.4) is 0 Å². The third-order valence-corrected chi connectivity index (χ3v) is 5.77. The average molecular weight is 424 g/mol. The van der Waals surface area contributed by atoms with E-state index in [4.69, 9.17) is 0 Å². The van der Waals surface area contributed by atoms with Crippen molar-refractivity contribution in [2.24, 2.45) is 0 Å². The molecule has 0 atom stereocenters. The van der Waals surface area contributed by atoms with E-state index in [1.807, 2.05) is 79.7 Å². The maximum atomic E-state index is 13.8. The van der Waals surface area contributed by atoms with Crippen LogP contribution in [0.1, 0.15) is 22.5 Å². The molecule has 0 bridgehead atoms. The van der Waals surface area contributed by atoms with Gasteiger partial charge in [0, 0.05) is 11.8 Å². The Morgan fingerprint density at radius 2 is 1.47 bits per heavy atom. The fourth-order valence-corrected chi connectivity index (χ4v) is 4.26. The first-order valence-corrected chi connectivity index (χ1v) is 10.2. The number of rotatable bonds is 4. The summed E-state index contributed by atoms with van der Waals surface area (Å²) in [5, 5.41) is 2.91. The molecule has 0 aliphatic carbocycles. The highest BCUT2D eigenvalue weighted by Crippen LogP contribution is 2.36. The molecule has 5 rings (SSSR count). The zero-order chi connectivity index (χ0) is 22.3. The summed E-state index contributed by atoms with van der Waals surface area (Å²) in [5.74, 6) is -0.411. The number of carbonyl (C=O) groups is 2. The van der Waals surface area contributed by atoms with Crippen LogP contribution in [0, 0.1) is 6.92 Å². The zero-order valence-electron chi connectivity index (χ0n) is 17.4. The van der Waals surface area contributed by atoms with Crippen LogP contribution in [-0.4, -0.2) is 26.2 Å². The maximum Gasteiger partial charge on any atom is 0.325 e. The highest BCUT2D eigenvalue weighted by Gasteiger charge is 2.53. The van der Waals surface area contributed by atoms with E-state index in [2.05, 4.69) is 10.3 Å². The molecule has 0 unspecified atom stereocenters. The number of imide groups is 1. The van der Waals surface area contributed by atoms with Crippen molar-refractivity contribution >= 4 is 17.6 Å². The number of hydrogen-bond acceptors (Lipinski definition) is 4. The van der Waals surface area contributed by atoms with E-state index in [-0.39, 0.29) is 12.1 Å². The van der Waals surface area contributed by atoms with Gasteiger partial charge in [-0.1, -0.05) is 66.7 Å². The number of urea groups is 1. The first-order chi connectivity index (χ1) is 15.5. The van der Waals surface area contributed by atoms with Gasteiger partial charge in [-0.15, -0.1) is 0 Å². The van der Waals surface area contributed by atoms with Gasteiger partial charge in [0.2, 0.25) is 0 Å². The van der Waals surface area contributed by atoms with Gasteiger partial charge in [-0.05, 0) is 30.2 Å². The van der Waals surface area contributed by atoms with Crippen LogP contribution in [0.4, 0.5) is 4.79 Å². The minimum Gasteiger partial charge on any atom is -0.315 e. The Kier molecular flexibility index (Phi) is 4.59. The Labute approximate surface area is 184 Å². The minimum atomic E-state index is -1.35. The largest absolute Gasteiger partial charge is 0.325 e. The van der Waals surface area contributed by atoms with E-state index in [0.29, 0.717) is 22.5 Å². The van der Waals surface area contributed by atoms with Gasteiger partial charge >= 0.3 is 6.03 Å². The predicted octanol–water partition coefficient (Wildman–Crippen LogP) is 3.00. The van der Waals surface area contributed by atoms with Gasteiger partial charge in [-0.3, -0.25) is 18.9 Å². The lowest BCUT2D eigenvalue weighted by Crippen LogP contribution is -2.45. The number of pyridine rings is 1. The Bertz CT molecular complexity index is 1360. The molecule has 1 N–H and O–H groups in total. The standard InChI is InChI=1S/C25H20N4O3/c1-17-9-8-14-21-26-20(15-22(30)29(17)21)16-28-23(31)25(27-24(28)32,18-10-4-2-5-11-18)19-12-6-3-7-13-19/h2-15H,16H2,1H3,(H,27,32). The molecule has 3 amide bonds. The second-order valence-electron chi connectivity index (χ2n) is 7.75. The van der Waals surface area contributed by atoms with Crippen molar-refractivity contribution in [3.05, 3.63) is 118 Å². The van der Waals surface area contributed by atoms with Gasteiger partial charge in [0.15, 0.2) is 5.54 Å². The number of aromatic nitrogens is 2. The Hall–Kier alpha value is -4.26. The SMILES string of the molecule is Cc1cccc2nc(CN3C(=O)NC(c4ccccc4)(c4ccccc4)C3=O)cc(=O)n12. The lowest BCUT2D eigenvalue weighted by atomic mass is 9.82. The van der Waals surface area contributed by atoms with Crippen molar-refractivity contribution in [1.29, 1.82) is 0 Å². The summed E-state index contributed by atoms with van der Waals surface area (Å²) in [6, 6.07) is 24.5. The fraction of sp³-hybridized carbons (Fsp3) is 0.120. The average Bonchev–Trinajstić information content (AvgIpc) is 3.06. The molecule has 7 heteroatoms. The van der Waals surface area contributed by atoms with Crippen LogP contribution in [-0.2, 0) is 16.9 Å². The molecule has 1 aliphatic heterocycles. The lowest BCUT2D eigenvalue weighted by molar-refractivity contribution is -0.130. The molecule has 2 aromatic carbocycles. The lowest BCUT2D eigenvalue weighted by Gasteiger charge is -2.28. The van der Waals surface area contributed by atoms with E-state index in [1.54, 1.807) is 6.07 Å². The number of benzene rings is 2. The minimum absolute atomic E-state index is 0.105. The molecule has 1 saturated heterocycles. The summed E-state index contributed by atoms with van der Waals surface area (Å²) in [7, 11) is 0. The molecule has 3 heterocycles. The van der Waals surface area contributed by atoms with E-state index >= 15 is 0 Å². The van der Waals surface area contributed by atoms with Crippen molar-refractivity contribution in [3.63, 3.8) is 0 Å². The van der Waals surface area contributed by atoms with Crippen molar-refractivity contribution in [2.75, 3.05) is 0 Å². The number of hydrogen-bond donors (Lipinski definition) is 1. The number of carbonyl (C=O) groups excluding carboxylic acids is 2. The Morgan fingerprint density at radius 3 is 2.09 bits per heavy atom. The molecule has 2 aromatic heterocycles. The van der Waals surface area contributed by atoms with E-state index in [1.165, 1.54) is 10.5 Å². The van der Waals surface area contributed by atoms with Crippen LogP contribution in [0.5, 0.6) is 0 Å². The number of amides is 3. The highest BCUT2D eigenvalue weighted by atomic mass is 16.2. The van der Waals surface area contributed by atoms with E-state index in [0.717, 1.165) is 10.6 Å². The molecule has 0 radical (unpaired) electrons. The second-order valence-corrected chi connectivity index (χ2v) is 7.75. The number of nitrogens with one attached hydrogen (secondary N) is 1. The number of nitrogens with zero attached hydrogens (tertiary/aromatic N) is 3. The summed E-state index contributed by atoms with van der Waals surface area (Å²) < 4.78 is 1.49. The van der Waals surface area contributed by atoms with Gasteiger partial charge < -0.3 is 5.32 Å². The van der Waals surface area contributed by atoms with Crippen LogP contribution in [0.2, 0.25) is 0 Å². The molecule has 7 nitrogen and oxygen atoms in total. The van der Waals surface area contributed by atoms with Gasteiger partial charge in [0.1, 0.15) is 5.65 Å². The maximum absolute atomic E-state index is 13.8. The Balaban J connectivity index is 1.59. The highest BCUT2D eigenvalue weighted by molar-refractivity contribution is 6.09. The molecule has 158 valence electrons. The zero-order valence-corrected chi connectivity index (χ0v) is 17.4. The number of fused-ring (bicyclic) bond motifs is 1. The van der Waals surface area contributed by atoms with Crippen LogP contribution < -0.4 is 10.9 Å². The molecular weight excluding hydrogens is 404 g/mol. The summed E-state index contributed by atoms with van der Waals surface area (Å²) in [6.45, 7) is 1.72. The molecule has 0 spiro atoms. The molecule has 0 saturated carbocycles. The number of aryl methyl sites for hydroxylation is 1. The Morgan fingerprint density at radius 1 is 0.844 bits per heavy atom. The quantitative estimate of drug-likeness (QED) is 0.511. The summed E-state index contributed by atoms with van der Waals surface area (Å²) >= 11 is 0. The van der Waals surface area contributed by atoms with E-state index < -0.39 is 17.5 Å². The predicted molar refractivity (Wildman–Crippen MR) is 119 cm³/mol. The fourth-order valence-electron chi connectivity index (χ4n) is 4.26. The summed E-state index contributed by atoms with van der Waals surface area (Å²) in [5.41, 5.74) is 1.30. The third kappa shape index (κ3) is 2.98.